The van der Waals surface area contributed by atoms with Crippen LogP contribution in [0.1, 0.15) is 43.2 Å². The van der Waals surface area contributed by atoms with E-state index in [1.807, 2.05) is 0 Å². The van der Waals surface area contributed by atoms with Gasteiger partial charge in [-0.15, -0.1) is 0 Å². The first kappa shape index (κ1) is 14.6. The molecule has 21 heavy (non-hydrogen) atoms. The molecule has 3 rings (SSSR count). The number of carbonyl (C=O) groups is 1. The zero-order valence-electron chi connectivity index (χ0n) is 12.8. The third kappa shape index (κ3) is 3.13. The summed E-state index contributed by atoms with van der Waals surface area (Å²) in [6, 6.07) is 9.00. The molecule has 1 aromatic carbocycles. The van der Waals surface area contributed by atoms with Crippen molar-refractivity contribution in [1.29, 1.82) is 0 Å². The predicted molar refractivity (Wildman–Crippen MR) is 85.0 cm³/mol. The Balaban J connectivity index is 1.71. The summed E-state index contributed by atoms with van der Waals surface area (Å²) in [6.45, 7) is 1.30. The van der Waals surface area contributed by atoms with Crippen molar-refractivity contribution in [2.45, 2.75) is 51.0 Å². The number of nitrogens with zero attached hydrogens (tertiary/aromatic N) is 1. The minimum Gasteiger partial charge on any atom is -0.338 e. The van der Waals surface area contributed by atoms with E-state index in [2.05, 4.69) is 29.2 Å². The lowest BCUT2D eigenvalue weighted by Gasteiger charge is -2.34. The molecule has 0 aromatic heterocycles. The van der Waals surface area contributed by atoms with E-state index in [4.69, 9.17) is 5.73 Å². The van der Waals surface area contributed by atoms with E-state index in [0.29, 0.717) is 18.5 Å². The minimum atomic E-state index is 0.159. The summed E-state index contributed by atoms with van der Waals surface area (Å²) in [7, 11) is 0. The van der Waals surface area contributed by atoms with Crippen molar-refractivity contribution in [3.05, 3.63) is 35.4 Å². The van der Waals surface area contributed by atoms with Gasteiger partial charge in [-0.2, -0.15) is 0 Å². The van der Waals surface area contributed by atoms with Gasteiger partial charge in [0, 0.05) is 25.0 Å². The van der Waals surface area contributed by atoms with Crippen LogP contribution in [0.2, 0.25) is 0 Å². The van der Waals surface area contributed by atoms with Crippen LogP contribution in [0.15, 0.2) is 24.3 Å². The maximum atomic E-state index is 13.0. The van der Waals surface area contributed by atoms with Gasteiger partial charge in [0.25, 0.3) is 0 Å². The van der Waals surface area contributed by atoms with Crippen LogP contribution in [0.25, 0.3) is 0 Å². The van der Waals surface area contributed by atoms with E-state index in [1.54, 1.807) is 0 Å². The molecule has 1 aromatic rings. The molecule has 0 saturated heterocycles. The lowest BCUT2D eigenvalue weighted by Crippen LogP contribution is -2.46. The first-order chi connectivity index (χ1) is 10.3. The van der Waals surface area contributed by atoms with Gasteiger partial charge in [-0.25, -0.2) is 0 Å². The Morgan fingerprint density at radius 2 is 1.86 bits per heavy atom. The Kier molecular flexibility index (Phi) is 4.59. The Morgan fingerprint density at radius 1 is 1.14 bits per heavy atom. The van der Waals surface area contributed by atoms with Gasteiger partial charge >= 0.3 is 0 Å². The normalized spacial score (nSPS) is 22.0. The summed E-state index contributed by atoms with van der Waals surface area (Å²) in [6.07, 6.45) is 7.77. The quantitative estimate of drug-likeness (QED) is 0.924. The molecule has 2 N–H and O–H groups in total. The van der Waals surface area contributed by atoms with Gasteiger partial charge in [-0.1, -0.05) is 37.1 Å². The molecule has 3 heteroatoms. The van der Waals surface area contributed by atoms with E-state index in [1.165, 1.54) is 24.0 Å². The van der Waals surface area contributed by atoms with Crippen molar-refractivity contribution in [3.8, 4) is 0 Å². The highest BCUT2D eigenvalue weighted by Crippen LogP contribution is 2.30. The molecular weight excluding hydrogens is 260 g/mol. The van der Waals surface area contributed by atoms with Crippen molar-refractivity contribution in [3.63, 3.8) is 0 Å². The van der Waals surface area contributed by atoms with Gasteiger partial charge in [0.05, 0.1) is 0 Å². The molecule has 1 amide bonds. The third-order valence-corrected chi connectivity index (χ3v) is 5.11. The maximum absolute atomic E-state index is 13.0. The highest BCUT2D eigenvalue weighted by Gasteiger charge is 2.32. The summed E-state index contributed by atoms with van der Waals surface area (Å²) in [4.78, 5) is 15.1. The second-order valence-corrected chi connectivity index (χ2v) is 6.47. The first-order valence-electron chi connectivity index (χ1n) is 8.37. The van der Waals surface area contributed by atoms with Gasteiger partial charge in [-0.3, -0.25) is 4.79 Å². The van der Waals surface area contributed by atoms with Crippen LogP contribution in [0.4, 0.5) is 0 Å². The molecule has 0 heterocycles. The van der Waals surface area contributed by atoms with Gasteiger partial charge < -0.3 is 10.6 Å². The van der Waals surface area contributed by atoms with E-state index < -0.39 is 0 Å². The predicted octanol–water partition coefficient (Wildman–Crippen LogP) is 2.52. The largest absolute Gasteiger partial charge is 0.338 e. The highest BCUT2D eigenvalue weighted by atomic mass is 16.2. The van der Waals surface area contributed by atoms with Crippen molar-refractivity contribution >= 4 is 5.91 Å². The zero-order chi connectivity index (χ0) is 14.7. The number of amides is 1. The van der Waals surface area contributed by atoms with E-state index >= 15 is 0 Å². The van der Waals surface area contributed by atoms with Crippen LogP contribution in [0.3, 0.4) is 0 Å². The van der Waals surface area contributed by atoms with Crippen LogP contribution in [0.5, 0.6) is 0 Å². The number of fused-ring (bicyclic) bond motifs is 1. The summed E-state index contributed by atoms with van der Waals surface area (Å²) < 4.78 is 0. The summed E-state index contributed by atoms with van der Waals surface area (Å²) in [5.74, 6) is 0.508. The van der Waals surface area contributed by atoms with Gasteiger partial charge in [0.1, 0.15) is 0 Å². The number of aryl methyl sites for hydroxylation is 1. The average molecular weight is 286 g/mol. The Morgan fingerprint density at radius 3 is 2.57 bits per heavy atom. The molecule has 0 aliphatic heterocycles. The number of hydrogen-bond donors (Lipinski definition) is 1. The topological polar surface area (TPSA) is 46.3 Å². The van der Waals surface area contributed by atoms with Crippen molar-refractivity contribution in [2.24, 2.45) is 11.7 Å². The molecule has 114 valence electrons. The third-order valence-electron chi connectivity index (χ3n) is 5.11. The highest BCUT2D eigenvalue weighted by molar-refractivity contribution is 5.80. The Bertz CT molecular complexity index is 494. The van der Waals surface area contributed by atoms with Gasteiger partial charge in [-0.05, 0) is 43.2 Å². The Hall–Kier alpha value is -1.35. The smallest absolute Gasteiger partial charge is 0.226 e. The summed E-state index contributed by atoms with van der Waals surface area (Å²) >= 11 is 0. The summed E-state index contributed by atoms with van der Waals surface area (Å²) in [5.41, 5.74) is 8.53. The van der Waals surface area contributed by atoms with Crippen molar-refractivity contribution in [2.75, 3.05) is 13.1 Å². The lowest BCUT2D eigenvalue weighted by atomic mass is 9.83. The molecule has 1 saturated carbocycles. The fourth-order valence-corrected chi connectivity index (χ4v) is 3.97. The fourth-order valence-electron chi connectivity index (χ4n) is 3.97. The number of carbonyl (C=O) groups excluding carboxylic acids is 1. The molecule has 1 unspecified atom stereocenters. The first-order valence-corrected chi connectivity index (χ1v) is 8.37. The van der Waals surface area contributed by atoms with E-state index in [0.717, 1.165) is 38.6 Å². The van der Waals surface area contributed by atoms with E-state index in [9.17, 15) is 4.79 Å². The monoisotopic (exact) mass is 286 g/mol. The molecule has 0 bridgehead atoms. The van der Waals surface area contributed by atoms with E-state index in [-0.39, 0.29) is 5.92 Å². The van der Waals surface area contributed by atoms with Crippen molar-refractivity contribution < 1.29 is 4.79 Å². The molecule has 2 aliphatic carbocycles. The standard InChI is InChI=1S/C18H26N2O/c19-11-12-20(17-7-3-4-8-17)18(21)16-10-9-14-5-1-2-6-15(14)13-16/h1-2,5-6,16-17H,3-4,7-13,19H2. The minimum absolute atomic E-state index is 0.159. The summed E-state index contributed by atoms with van der Waals surface area (Å²) in [5, 5.41) is 0. The van der Waals surface area contributed by atoms with Crippen LogP contribution < -0.4 is 5.73 Å². The van der Waals surface area contributed by atoms with Crippen LogP contribution in [0, 0.1) is 5.92 Å². The van der Waals surface area contributed by atoms with Crippen molar-refractivity contribution in [1.82, 2.24) is 4.90 Å². The number of nitrogens with two attached hydrogens (primary N) is 1. The maximum Gasteiger partial charge on any atom is 0.226 e. The number of hydrogen-bond acceptors (Lipinski definition) is 2. The second kappa shape index (κ2) is 6.61. The van der Waals surface area contributed by atoms with Gasteiger partial charge in [0.2, 0.25) is 5.91 Å². The molecule has 2 aliphatic rings. The fraction of sp³-hybridized carbons (Fsp3) is 0.611. The van der Waals surface area contributed by atoms with Gasteiger partial charge in [0.15, 0.2) is 0 Å². The average Bonchev–Trinajstić information content (AvgIpc) is 3.05. The lowest BCUT2D eigenvalue weighted by molar-refractivity contribution is -0.138. The number of benzene rings is 1. The second-order valence-electron chi connectivity index (χ2n) is 6.47. The number of rotatable bonds is 4. The van der Waals surface area contributed by atoms with Crippen LogP contribution in [-0.4, -0.2) is 29.9 Å². The zero-order valence-corrected chi connectivity index (χ0v) is 12.8. The van der Waals surface area contributed by atoms with Crippen LogP contribution >= 0.6 is 0 Å². The molecule has 1 fully saturated rings. The molecule has 0 radical (unpaired) electrons. The Labute approximate surface area is 127 Å². The molecule has 3 nitrogen and oxygen atoms in total. The SMILES string of the molecule is NCCN(C(=O)C1CCc2ccccc2C1)C1CCCC1. The van der Waals surface area contributed by atoms with Crippen LogP contribution in [-0.2, 0) is 17.6 Å². The molecule has 1 atom stereocenters. The molecule has 0 spiro atoms. The molecular formula is C18H26N2O.